The predicted molar refractivity (Wildman–Crippen MR) is 98.3 cm³/mol. The van der Waals surface area contributed by atoms with Crippen molar-refractivity contribution in [2.45, 2.75) is 37.6 Å². The van der Waals surface area contributed by atoms with Gasteiger partial charge in [0.05, 0.1) is 11.1 Å². The van der Waals surface area contributed by atoms with Crippen molar-refractivity contribution in [2.24, 2.45) is 0 Å². The van der Waals surface area contributed by atoms with E-state index in [4.69, 9.17) is 0 Å². The van der Waals surface area contributed by atoms with Gasteiger partial charge in [-0.05, 0) is 49.9 Å². The zero-order valence-corrected chi connectivity index (χ0v) is 15.7. The number of carbonyl (C=O) groups excluding carboxylic acids is 1. The van der Waals surface area contributed by atoms with Crippen LogP contribution in [0.1, 0.15) is 35.2 Å². The lowest BCUT2D eigenvalue weighted by Crippen LogP contribution is -2.28. The van der Waals surface area contributed by atoms with E-state index in [0.29, 0.717) is 25.1 Å². The molecule has 2 aromatic rings. The molecule has 1 aromatic carbocycles. The van der Waals surface area contributed by atoms with Gasteiger partial charge in [0, 0.05) is 37.9 Å². The molecule has 1 fully saturated rings. The number of aryl methyl sites for hydroxylation is 2. The Labute approximate surface area is 154 Å². The van der Waals surface area contributed by atoms with E-state index in [9.17, 15) is 13.2 Å². The molecule has 0 aliphatic carbocycles. The van der Waals surface area contributed by atoms with Gasteiger partial charge in [-0.3, -0.25) is 9.48 Å². The van der Waals surface area contributed by atoms with Gasteiger partial charge in [0.25, 0.3) is 5.91 Å². The number of benzene rings is 1. The summed E-state index contributed by atoms with van der Waals surface area (Å²) in [5, 5.41) is 4.17. The summed E-state index contributed by atoms with van der Waals surface area (Å²) >= 11 is 0. The molecule has 1 aliphatic heterocycles. The van der Waals surface area contributed by atoms with Gasteiger partial charge in [-0.15, -0.1) is 0 Å². The number of sulfonamides is 1. The molecule has 1 saturated heterocycles. The molecule has 0 spiro atoms. The van der Waals surface area contributed by atoms with Crippen molar-refractivity contribution < 1.29 is 13.2 Å². The summed E-state index contributed by atoms with van der Waals surface area (Å²) in [5.41, 5.74) is 1.49. The Bertz CT molecular complexity index is 870. The average Bonchev–Trinajstić information content (AvgIpc) is 3.30. The van der Waals surface area contributed by atoms with Gasteiger partial charge in [-0.25, -0.2) is 13.1 Å². The van der Waals surface area contributed by atoms with Gasteiger partial charge in [-0.2, -0.15) is 5.10 Å². The highest BCUT2D eigenvalue weighted by molar-refractivity contribution is 7.89. The molecule has 2 heterocycles. The van der Waals surface area contributed by atoms with Crippen LogP contribution in [-0.2, 0) is 16.6 Å². The lowest BCUT2D eigenvalue weighted by atomic mass is 10.2. The number of hydrogen-bond donors (Lipinski definition) is 1. The van der Waals surface area contributed by atoms with Crippen molar-refractivity contribution in [3.05, 3.63) is 47.8 Å². The van der Waals surface area contributed by atoms with Crippen LogP contribution in [0.4, 0.5) is 0 Å². The van der Waals surface area contributed by atoms with E-state index in [-0.39, 0.29) is 10.8 Å². The summed E-state index contributed by atoms with van der Waals surface area (Å²) in [5.74, 6) is -0.103. The number of rotatable bonds is 7. The maximum absolute atomic E-state index is 12.5. The van der Waals surface area contributed by atoms with Crippen molar-refractivity contribution in [3.63, 3.8) is 0 Å². The topological polar surface area (TPSA) is 84.3 Å². The highest BCUT2D eigenvalue weighted by atomic mass is 32.2. The first kappa shape index (κ1) is 18.6. The number of aromatic nitrogens is 2. The zero-order valence-electron chi connectivity index (χ0n) is 14.9. The maximum Gasteiger partial charge on any atom is 0.253 e. The second-order valence-corrected chi connectivity index (χ2v) is 8.33. The Balaban J connectivity index is 1.59. The van der Waals surface area contributed by atoms with E-state index >= 15 is 0 Å². The van der Waals surface area contributed by atoms with Crippen molar-refractivity contribution in [3.8, 4) is 0 Å². The summed E-state index contributed by atoms with van der Waals surface area (Å²) in [6.45, 7) is 4.39. The minimum atomic E-state index is -3.64. The third-order valence-corrected chi connectivity index (χ3v) is 5.86. The van der Waals surface area contributed by atoms with Gasteiger partial charge >= 0.3 is 0 Å². The summed E-state index contributed by atoms with van der Waals surface area (Å²) in [4.78, 5) is 14.3. The molecule has 1 aromatic heterocycles. The second-order valence-electron chi connectivity index (χ2n) is 6.56. The average molecular weight is 376 g/mol. The molecule has 0 bridgehead atoms. The molecule has 7 nitrogen and oxygen atoms in total. The molecule has 1 amide bonds. The van der Waals surface area contributed by atoms with Crippen LogP contribution in [0.25, 0.3) is 0 Å². The molecule has 0 radical (unpaired) electrons. The fourth-order valence-electron chi connectivity index (χ4n) is 3.02. The van der Waals surface area contributed by atoms with Crippen LogP contribution in [0, 0.1) is 6.92 Å². The highest BCUT2D eigenvalue weighted by Crippen LogP contribution is 2.16. The molecular formula is C18H24N4O3S. The summed E-state index contributed by atoms with van der Waals surface area (Å²) in [6, 6.07) is 6.25. The van der Waals surface area contributed by atoms with Gasteiger partial charge in [-0.1, -0.05) is 6.07 Å². The number of nitrogens with one attached hydrogen (secondary N) is 1. The third kappa shape index (κ3) is 4.50. The Hall–Kier alpha value is -2.19. The molecule has 1 aliphatic rings. The van der Waals surface area contributed by atoms with Crippen LogP contribution in [0.3, 0.4) is 0 Å². The Morgan fingerprint density at radius 2 is 2.04 bits per heavy atom. The van der Waals surface area contributed by atoms with Crippen LogP contribution in [0.15, 0.2) is 41.6 Å². The van der Waals surface area contributed by atoms with E-state index < -0.39 is 10.0 Å². The molecule has 140 valence electrons. The van der Waals surface area contributed by atoms with E-state index in [1.807, 2.05) is 13.1 Å². The molecular weight excluding hydrogens is 352 g/mol. The first-order chi connectivity index (χ1) is 12.5. The Morgan fingerprint density at radius 3 is 2.73 bits per heavy atom. The maximum atomic E-state index is 12.5. The molecule has 26 heavy (non-hydrogen) atoms. The molecule has 3 rings (SSSR count). The number of hydrogen-bond acceptors (Lipinski definition) is 4. The largest absolute Gasteiger partial charge is 0.339 e. The van der Waals surface area contributed by atoms with Gasteiger partial charge in [0.2, 0.25) is 10.0 Å². The van der Waals surface area contributed by atoms with Crippen molar-refractivity contribution >= 4 is 15.9 Å². The fraction of sp³-hybridized carbons (Fsp3) is 0.444. The molecule has 8 heteroatoms. The fourth-order valence-corrected chi connectivity index (χ4v) is 4.14. The van der Waals surface area contributed by atoms with Crippen LogP contribution in [-0.4, -0.2) is 48.6 Å². The van der Waals surface area contributed by atoms with E-state index in [0.717, 1.165) is 31.5 Å². The third-order valence-electron chi connectivity index (χ3n) is 4.40. The summed E-state index contributed by atoms with van der Waals surface area (Å²) in [7, 11) is -3.64. The SMILES string of the molecule is Cc1cnn(CCCNS(=O)(=O)c2cccc(C(=O)N3CCCC3)c2)c1. The van der Waals surface area contributed by atoms with Gasteiger partial charge in [0.15, 0.2) is 0 Å². The number of amides is 1. The molecule has 1 N–H and O–H groups in total. The van der Waals surface area contributed by atoms with Crippen molar-refractivity contribution in [1.82, 2.24) is 19.4 Å². The van der Waals surface area contributed by atoms with Crippen molar-refractivity contribution in [1.29, 1.82) is 0 Å². The van der Waals surface area contributed by atoms with E-state index in [2.05, 4.69) is 9.82 Å². The number of carbonyl (C=O) groups is 1. The monoisotopic (exact) mass is 376 g/mol. The Kier molecular flexibility index (Phi) is 5.73. The number of likely N-dealkylation sites (tertiary alicyclic amines) is 1. The molecule has 0 saturated carbocycles. The van der Waals surface area contributed by atoms with E-state index in [1.165, 1.54) is 12.1 Å². The Morgan fingerprint density at radius 1 is 1.27 bits per heavy atom. The normalized spacial score (nSPS) is 14.7. The molecule has 0 atom stereocenters. The summed E-state index contributed by atoms with van der Waals surface area (Å²) in [6.07, 6.45) is 6.32. The van der Waals surface area contributed by atoms with Crippen molar-refractivity contribution in [2.75, 3.05) is 19.6 Å². The smallest absolute Gasteiger partial charge is 0.253 e. The van der Waals surface area contributed by atoms with Gasteiger partial charge < -0.3 is 4.90 Å². The quantitative estimate of drug-likeness (QED) is 0.747. The minimum Gasteiger partial charge on any atom is -0.339 e. The molecule has 0 unspecified atom stereocenters. The lowest BCUT2D eigenvalue weighted by Gasteiger charge is -2.15. The van der Waals surface area contributed by atoms with E-state index in [1.54, 1.807) is 27.9 Å². The summed E-state index contributed by atoms with van der Waals surface area (Å²) < 4.78 is 29.4. The number of nitrogens with zero attached hydrogens (tertiary/aromatic N) is 3. The van der Waals surface area contributed by atoms with Gasteiger partial charge in [0.1, 0.15) is 0 Å². The first-order valence-corrected chi connectivity index (χ1v) is 10.3. The predicted octanol–water partition coefficient (Wildman–Crippen LogP) is 1.80. The minimum absolute atomic E-state index is 0.103. The lowest BCUT2D eigenvalue weighted by molar-refractivity contribution is 0.0792. The second kappa shape index (κ2) is 8.01. The van der Waals surface area contributed by atoms with Crippen LogP contribution in [0.2, 0.25) is 0 Å². The first-order valence-electron chi connectivity index (χ1n) is 8.84. The zero-order chi connectivity index (χ0) is 18.6. The van der Waals surface area contributed by atoms with Crippen LogP contribution < -0.4 is 4.72 Å². The van der Waals surface area contributed by atoms with Crippen LogP contribution in [0.5, 0.6) is 0 Å². The highest BCUT2D eigenvalue weighted by Gasteiger charge is 2.21. The standard InChI is InChI=1S/C18H24N4O3S/c1-15-13-19-22(14-15)11-5-8-20-26(24,25)17-7-4-6-16(12-17)18(23)21-9-2-3-10-21/h4,6-7,12-14,20H,2-3,5,8-11H2,1H3. The van der Waals surface area contributed by atoms with Crippen LogP contribution >= 0.6 is 0 Å².